The third-order valence-corrected chi connectivity index (χ3v) is 5.21. The van der Waals surface area contributed by atoms with E-state index in [4.69, 9.17) is 0 Å². The monoisotopic (exact) mass is 392 g/mol. The topological polar surface area (TPSA) is 41.0 Å². The van der Waals surface area contributed by atoms with Crippen molar-refractivity contribution in [1.82, 2.24) is 4.98 Å². The van der Waals surface area contributed by atoms with Crippen LogP contribution in [0.3, 0.4) is 0 Å². The smallest absolute Gasteiger partial charge is 0.406 e. The molecule has 0 amide bonds. The standard InChI is InChI=1S/C18H15F3N4OS/c1-24(2)13-7-8-22-17-15(13)16-14(27-17)9-25(10-23-16)11-3-5-12(6-4-11)26-18(19,20)21/h3-8,10H,9H2,1-2H3. The number of aromatic nitrogens is 1. The molecule has 3 heterocycles. The first kappa shape index (κ1) is 17.6. The SMILES string of the molecule is CN(C)c1ccnc2sc3c(c12)N=CN(c1ccc(OC(F)(F)F)cc1)C3. The Balaban J connectivity index is 1.63. The fourth-order valence-electron chi connectivity index (χ4n) is 2.97. The van der Waals surface area contributed by atoms with Crippen molar-refractivity contribution in [3.8, 4) is 5.75 Å². The van der Waals surface area contributed by atoms with Crippen LogP contribution < -0.4 is 14.5 Å². The Morgan fingerprint density at radius 1 is 1.15 bits per heavy atom. The maximum atomic E-state index is 12.3. The molecule has 0 radical (unpaired) electrons. The minimum absolute atomic E-state index is 0.248. The number of alkyl halides is 3. The van der Waals surface area contributed by atoms with Crippen molar-refractivity contribution in [2.45, 2.75) is 12.9 Å². The fourth-order valence-corrected chi connectivity index (χ4v) is 4.08. The number of benzene rings is 1. The first-order valence-corrected chi connectivity index (χ1v) is 8.88. The second kappa shape index (κ2) is 6.41. The molecule has 2 aromatic heterocycles. The van der Waals surface area contributed by atoms with Crippen LogP contribution in [0.5, 0.6) is 5.75 Å². The van der Waals surface area contributed by atoms with Crippen LogP contribution in [0.25, 0.3) is 10.2 Å². The zero-order valence-corrected chi connectivity index (χ0v) is 15.3. The van der Waals surface area contributed by atoms with Gasteiger partial charge in [0.25, 0.3) is 0 Å². The molecule has 0 fully saturated rings. The molecule has 1 aliphatic rings. The minimum atomic E-state index is -4.70. The number of fused-ring (bicyclic) bond motifs is 3. The second-order valence-electron chi connectivity index (χ2n) is 6.19. The third-order valence-electron chi connectivity index (χ3n) is 4.14. The molecule has 3 aromatic rings. The summed E-state index contributed by atoms with van der Waals surface area (Å²) in [5.41, 5.74) is 2.69. The lowest BCUT2D eigenvalue weighted by Crippen LogP contribution is -2.22. The summed E-state index contributed by atoms with van der Waals surface area (Å²) in [7, 11) is 3.95. The molecule has 0 N–H and O–H groups in total. The van der Waals surface area contributed by atoms with Gasteiger partial charge in [-0.1, -0.05) is 0 Å². The molecule has 0 atom stereocenters. The van der Waals surface area contributed by atoms with Crippen LogP contribution in [0.15, 0.2) is 41.5 Å². The van der Waals surface area contributed by atoms with Crippen molar-refractivity contribution in [2.75, 3.05) is 23.9 Å². The quantitative estimate of drug-likeness (QED) is 0.633. The number of pyridine rings is 1. The zero-order chi connectivity index (χ0) is 19.2. The Morgan fingerprint density at radius 2 is 1.89 bits per heavy atom. The number of halogens is 3. The maximum Gasteiger partial charge on any atom is 0.573 e. The summed E-state index contributed by atoms with van der Waals surface area (Å²) in [6, 6.07) is 7.70. The van der Waals surface area contributed by atoms with Gasteiger partial charge in [-0.2, -0.15) is 0 Å². The van der Waals surface area contributed by atoms with Crippen LogP contribution in [-0.2, 0) is 6.54 Å². The average molecular weight is 392 g/mol. The van der Waals surface area contributed by atoms with E-state index in [-0.39, 0.29) is 5.75 Å². The average Bonchev–Trinajstić information content (AvgIpc) is 2.98. The molecule has 1 aromatic carbocycles. The summed E-state index contributed by atoms with van der Waals surface area (Å²) in [6.07, 6.45) is -1.22. The number of nitrogens with zero attached hydrogens (tertiary/aromatic N) is 4. The summed E-state index contributed by atoms with van der Waals surface area (Å²) in [6.45, 7) is 0.576. The second-order valence-corrected chi connectivity index (χ2v) is 7.28. The Hall–Kier alpha value is -2.81. The van der Waals surface area contributed by atoms with Crippen molar-refractivity contribution >= 4 is 45.0 Å². The molecular weight excluding hydrogens is 377 g/mol. The molecule has 0 unspecified atom stereocenters. The van der Waals surface area contributed by atoms with Crippen LogP contribution in [-0.4, -0.2) is 31.8 Å². The third kappa shape index (κ3) is 3.42. The fraction of sp³-hybridized carbons (Fsp3) is 0.222. The number of aliphatic imine (C=N–C) groups is 1. The van der Waals surface area contributed by atoms with Gasteiger partial charge >= 0.3 is 6.36 Å². The molecule has 5 nitrogen and oxygen atoms in total. The van der Waals surface area contributed by atoms with Crippen molar-refractivity contribution in [1.29, 1.82) is 0 Å². The van der Waals surface area contributed by atoms with Gasteiger partial charge in [0, 0.05) is 26.0 Å². The molecule has 0 bridgehead atoms. The van der Waals surface area contributed by atoms with E-state index in [2.05, 4.69) is 14.7 Å². The van der Waals surface area contributed by atoms with Gasteiger partial charge in [-0.15, -0.1) is 24.5 Å². The van der Waals surface area contributed by atoms with E-state index in [9.17, 15) is 13.2 Å². The van der Waals surface area contributed by atoms with E-state index in [1.54, 1.807) is 36.0 Å². The Morgan fingerprint density at radius 3 is 2.56 bits per heavy atom. The number of rotatable bonds is 3. The molecule has 1 aliphatic heterocycles. The Kier molecular flexibility index (Phi) is 4.18. The van der Waals surface area contributed by atoms with Crippen molar-refractivity contribution < 1.29 is 17.9 Å². The predicted octanol–water partition coefficient (Wildman–Crippen LogP) is 4.94. The van der Waals surface area contributed by atoms with Crippen LogP contribution in [0, 0.1) is 0 Å². The first-order valence-electron chi connectivity index (χ1n) is 8.06. The lowest BCUT2D eigenvalue weighted by molar-refractivity contribution is -0.274. The van der Waals surface area contributed by atoms with Crippen LogP contribution in [0.4, 0.5) is 30.2 Å². The van der Waals surface area contributed by atoms with E-state index in [1.165, 1.54) is 12.1 Å². The van der Waals surface area contributed by atoms with Gasteiger partial charge in [0.2, 0.25) is 0 Å². The van der Waals surface area contributed by atoms with Crippen LogP contribution in [0.1, 0.15) is 4.88 Å². The summed E-state index contributed by atoms with van der Waals surface area (Å²) in [5.74, 6) is -0.248. The van der Waals surface area contributed by atoms with Gasteiger partial charge in [-0.3, -0.25) is 0 Å². The van der Waals surface area contributed by atoms with Gasteiger partial charge in [0.05, 0.1) is 34.5 Å². The Labute approximate surface area is 157 Å². The molecular formula is C18H15F3N4OS. The number of anilines is 2. The molecule has 140 valence electrons. The number of hydrogen-bond donors (Lipinski definition) is 0. The molecule has 0 aliphatic carbocycles. The van der Waals surface area contributed by atoms with E-state index in [0.717, 1.165) is 32.2 Å². The van der Waals surface area contributed by atoms with Crippen LogP contribution >= 0.6 is 11.3 Å². The van der Waals surface area contributed by atoms with Crippen molar-refractivity contribution in [3.05, 3.63) is 41.4 Å². The van der Waals surface area contributed by atoms with Crippen LogP contribution in [0.2, 0.25) is 0 Å². The number of ether oxygens (including phenoxy) is 1. The number of hydrogen-bond acceptors (Lipinski definition) is 6. The summed E-state index contributed by atoms with van der Waals surface area (Å²) >= 11 is 1.57. The molecule has 0 spiro atoms. The van der Waals surface area contributed by atoms with Crippen molar-refractivity contribution in [2.24, 2.45) is 4.99 Å². The number of thiophene rings is 1. The van der Waals surface area contributed by atoms with Gasteiger partial charge in [0.15, 0.2) is 0 Å². The van der Waals surface area contributed by atoms with E-state index < -0.39 is 6.36 Å². The molecule has 27 heavy (non-hydrogen) atoms. The van der Waals surface area contributed by atoms with Gasteiger partial charge in [-0.25, -0.2) is 9.98 Å². The van der Waals surface area contributed by atoms with E-state index in [0.29, 0.717) is 6.54 Å². The van der Waals surface area contributed by atoms with E-state index in [1.807, 2.05) is 30.0 Å². The first-order chi connectivity index (χ1) is 12.8. The van der Waals surface area contributed by atoms with Crippen molar-refractivity contribution in [3.63, 3.8) is 0 Å². The zero-order valence-electron chi connectivity index (χ0n) is 14.5. The minimum Gasteiger partial charge on any atom is -0.406 e. The van der Waals surface area contributed by atoms with E-state index >= 15 is 0 Å². The van der Waals surface area contributed by atoms with Gasteiger partial charge in [0.1, 0.15) is 10.6 Å². The highest BCUT2D eigenvalue weighted by atomic mass is 32.1. The predicted molar refractivity (Wildman–Crippen MR) is 101 cm³/mol. The van der Waals surface area contributed by atoms with Gasteiger partial charge < -0.3 is 14.5 Å². The highest BCUT2D eigenvalue weighted by Gasteiger charge is 2.31. The Bertz CT molecular complexity index is 1010. The molecule has 4 rings (SSSR count). The maximum absolute atomic E-state index is 12.3. The van der Waals surface area contributed by atoms with Gasteiger partial charge in [-0.05, 0) is 30.3 Å². The molecule has 0 saturated heterocycles. The molecule has 9 heteroatoms. The summed E-state index contributed by atoms with van der Waals surface area (Å²) in [5, 5.41) is 1.02. The largest absolute Gasteiger partial charge is 0.573 e. The highest BCUT2D eigenvalue weighted by molar-refractivity contribution is 7.19. The summed E-state index contributed by atoms with van der Waals surface area (Å²) < 4.78 is 40.8. The normalized spacial score (nSPS) is 13.7. The highest BCUT2D eigenvalue weighted by Crippen LogP contribution is 2.44. The molecule has 0 saturated carbocycles. The lowest BCUT2D eigenvalue weighted by Gasteiger charge is -2.23. The summed E-state index contributed by atoms with van der Waals surface area (Å²) in [4.78, 5) is 14.9. The lowest BCUT2D eigenvalue weighted by atomic mass is 10.2.